The highest BCUT2D eigenvalue weighted by molar-refractivity contribution is 6.35. The molecule has 0 radical (unpaired) electrons. The van der Waals surface area contributed by atoms with Crippen molar-refractivity contribution < 1.29 is 13.9 Å². The van der Waals surface area contributed by atoms with Gasteiger partial charge < -0.3 is 14.5 Å². The third kappa shape index (κ3) is 4.00. The van der Waals surface area contributed by atoms with Crippen molar-refractivity contribution in [1.29, 1.82) is 0 Å². The number of hydrogen-bond acceptors (Lipinski definition) is 4. The molecule has 0 unspecified atom stereocenters. The molecule has 1 heterocycles. The fourth-order valence-electron chi connectivity index (χ4n) is 2.34. The number of halogens is 2. The molecule has 1 N–H and O–H groups in total. The minimum Gasteiger partial charge on any atom is -0.493 e. The smallest absolute Gasteiger partial charge is 0.349 e. The van der Waals surface area contributed by atoms with Crippen LogP contribution in [0, 0.1) is 0 Å². The zero-order valence-corrected chi connectivity index (χ0v) is 15.4. The van der Waals surface area contributed by atoms with Crippen LogP contribution in [0.25, 0.3) is 11.0 Å². The summed E-state index contributed by atoms with van der Waals surface area (Å²) in [4.78, 5) is 24.7. The average molecular weight is 392 g/mol. The number of benzene rings is 2. The molecule has 1 amide bonds. The topological polar surface area (TPSA) is 68.5 Å². The number of nitrogens with one attached hydrogen (secondary N) is 1. The SMILES string of the molecule is CCCOc1ccc2cc(C(=O)Nc3cc(Cl)ccc3Cl)c(=O)oc2c1. The van der Waals surface area contributed by atoms with Crippen LogP contribution in [-0.4, -0.2) is 12.5 Å². The molecule has 5 nitrogen and oxygen atoms in total. The van der Waals surface area contributed by atoms with E-state index < -0.39 is 11.5 Å². The molecule has 0 fully saturated rings. The normalized spacial score (nSPS) is 10.7. The molecule has 1 aromatic heterocycles. The molecule has 26 heavy (non-hydrogen) atoms. The zero-order valence-electron chi connectivity index (χ0n) is 13.8. The van der Waals surface area contributed by atoms with Gasteiger partial charge in [-0.05, 0) is 42.8 Å². The van der Waals surface area contributed by atoms with E-state index in [0.29, 0.717) is 39.1 Å². The molecule has 0 bridgehead atoms. The quantitative estimate of drug-likeness (QED) is 0.611. The number of carbonyl (C=O) groups excluding carboxylic acids is 1. The minimum absolute atomic E-state index is 0.129. The molecule has 134 valence electrons. The lowest BCUT2D eigenvalue weighted by atomic mass is 10.1. The Hall–Kier alpha value is -2.50. The number of amides is 1. The maximum absolute atomic E-state index is 12.5. The number of hydrogen-bond donors (Lipinski definition) is 1. The first kappa shape index (κ1) is 18.3. The summed E-state index contributed by atoms with van der Waals surface area (Å²) < 4.78 is 10.8. The van der Waals surface area contributed by atoms with Gasteiger partial charge in [-0.1, -0.05) is 30.1 Å². The van der Waals surface area contributed by atoms with E-state index in [4.69, 9.17) is 32.4 Å². The molecule has 0 aliphatic carbocycles. The number of carbonyl (C=O) groups is 1. The summed E-state index contributed by atoms with van der Waals surface area (Å²) in [5.74, 6) is -0.0264. The van der Waals surface area contributed by atoms with E-state index in [1.165, 1.54) is 12.1 Å². The van der Waals surface area contributed by atoms with Gasteiger partial charge in [0.15, 0.2) is 0 Å². The highest BCUT2D eigenvalue weighted by atomic mass is 35.5. The standard InChI is InChI=1S/C19H15Cl2NO4/c1-2-7-25-13-5-3-11-8-14(19(24)26-17(11)10-13)18(23)22-16-9-12(20)4-6-15(16)21/h3-6,8-10H,2,7H2,1H3,(H,22,23). The monoisotopic (exact) mass is 391 g/mol. The Morgan fingerprint density at radius 3 is 2.73 bits per heavy atom. The van der Waals surface area contributed by atoms with Crippen LogP contribution in [0.2, 0.25) is 10.0 Å². The van der Waals surface area contributed by atoms with Crippen molar-refractivity contribution in [2.75, 3.05) is 11.9 Å². The van der Waals surface area contributed by atoms with Crippen molar-refractivity contribution in [2.24, 2.45) is 0 Å². The van der Waals surface area contributed by atoms with E-state index in [0.717, 1.165) is 6.42 Å². The van der Waals surface area contributed by atoms with Crippen LogP contribution in [0.15, 0.2) is 51.7 Å². The van der Waals surface area contributed by atoms with Gasteiger partial charge in [0.25, 0.3) is 5.91 Å². The van der Waals surface area contributed by atoms with E-state index in [1.807, 2.05) is 6.92 Å². The molecule has 0 saturated carbocycles. The summed E-state index contributed by atoms with van der Waals surface area (Å²) in [5, 5.41) is 3.90. The van der Waals surface area contributed by atoms with Gasteiger partial charge in [-0.2, -0.15) is 0 Å². The van der Waals surface area contributed by atoms with Gasteiger partial charge in [-0.3, -0.25) is 4.79 Å². The second-order valence-corrected chi connectivity index (χ2v) is 6.42. The van der Waals surface area contributed by atoms with Crippen LogP contribution in [-0.2, 0) is 0 Å². The van der Waals surface area contributed by atoms with Gasteiger partial charge in [0.05, 0.1) is 17.3 Å². The molecular weight excluding hydrogens is 377 g/mol. The Balaban J connectivity index is 1.92. The van der Waals surface area contributed by atoms with Gasteiger partial charge >= 0.3 is 5.63 Å². The Morgan fingerprint density at radius 2 is 1.96 bits per heavy atom. The average Bonchev–Trinajstić information content (AvgIpc) is 2.62. The molecule has 0 aliphatic heterocycles. The highest BCUT2D eigenvalue weighted by Crippen LogP contribution is 2.26. The summed E-state index contributed by atoms with van der Waals surface area (Å²) >= 11 is 11.9. The summed E-state index contributed by atoms with van der Waals surface area (Å²) in [6, 6.07) is 11.2. The number of ether oxygens (including phenoxy) is 1. The van der Waals surface area contributed by atoms with Gasteiger partial charge in [0.1, 0.15) is 16.9 Å². The number of rotatable bonds is 5. The summed E-state index contributed by atoms with van der Waals surface area (Å²) in [7, 11) is 0. The van der Waals surface area contributed by atoms with Crippen molar-refractivity contribution >= 4 is 45.8 Å². The second kappa shape index (κ2) is 7.81. The molecule has 7 heteroatoms. The van der Waals surface area contributed by atoms with Crippen LogP contribution >= 0.6 is 23.2 Å². The lowest BCUT2D eigenvalue weighted by Crippen LogP contribution is -2.20. The van der Waals surface area contributed by atoms with Gasteiger partial charge in [-0.25, -0.2) is 4.79 Å². The number of fused-ring (bicyclic) bond motifs is 1. The van der Waals surface area contributed by atoms with Crippen LogP contribution < -0.4 is 15.7 Å². The molecular formula is C19H15Cl2NO4. The first-order chi connectivity index (χ1) is 12.5. The highest BCUT2D eigenvalue weighted by Gasteiger charge is 2.16. The first-order valence-corrected chi connectivity index (χ1v) is 8.70. The number of anilines is 1. The first-order valence-electron chi connectivity index (χ1n) is 7.95. The molecule has 0 saturated heterocycles. The Bertz CT molecular complexity index is 1030. The third-order valence-electron chi connectivity index (χ3n) is 3.60. The van der Waals surface area contributed by atoms with E-state index in [9.17, 15) is 9.59 Å². The Morgan fingerprint density at radius 1 is 1.15 bits per heavy atom. The zero-order chi connectivity index (χ0) is 18.7. The largest absolute Gasteiger partial charge is 0.493 e. The predicted octanol–water partition coefficient (Wildman–Crippen LogP) is 5.14. The third-order valence-corrected chi connectivity index (χ3v) is 4.17. The fraction of sp³-hybridized carbons (Fsp3) is 0.158. The van der Waals surface area contributed by atoms with Crippen molar-refractivity contribution in [3.8, 4) is 5.75 Å². The molecule has 2 aromatic carbocycles. The Labute approximate surface area is 159 Å². The Kier molecular flexibility index (Phi) is 5.49. The van der Waals surface area contributed by atoms with Crippen LogP contribution in [0.5, 0.6) is 5.75 Å². The van der Waals surface area contributed by atoms with Crippen LogP contribution in [0.3, 0.4) is 0 Å². The van der Waals surface area contributed by atoms with E-state index in [1.54, 1.807) is 30.3 Å². The summed E-state index contributed by atoms with van der Waals surface area (Å²) in [6.07, 6.45) is 0.868. The van der Waals surface area contributed by atoms with Gasteiger partial charge in [-0.15, -0.1) is 0 Å². The molecule has 0 spiro atoms. The maximum atomic E-state index is 12.5. The van der Waals surface area contributed by atoms with Crippen LogP contribution in [0.1, 0.15) is 23.7 Å². The minimum atomic E-state index is -0.749. The summed E-state index contributed by atoms with van der Waals surface area (Å²) in [6.45, 7) is 2.56. The van der Waals surface area contributed by atoms with Crippen molar-refractivity contribution in [1.82, 2.24) is 0 Å². The van der Waals surface area contributed by atoms with Crippen molar-refractivity contribution in [3.63, 3.8) is 0 Å². The summed E-state index contributed by atoms with van der Waals surface area (Å²) in [5.41, 5.74) is -0.218. The van der Waals surface area contributed by atoms with E-state index in [-0.39, 0.29) is 5.56 Å². The molecule has 3 aromatic rings. The fourth-order valence-corrected chi connectivity index (χ4v) is 2.68. The van der Waals surface area contributed by atoms with E-state index >= 15 is 0 Å². The maximum Gasteiger partial charge on any atom is 0.349 e. The van der Waals surface area contributed by atoms with Gasteiger partial charge in [0, 0.05) is 16.5 Å². The lowest BCUT2D eigenvalue weighted by molar-refractivity contribution is 0.102. The van der Waals surface area contributed by atoms with E-state index in [2.05, 4.69) is 5.32 Å². The lowest BCUT2D eigenvalue weighted by Gasteiger charge is -2.08. The van der Waals surface area contributed by atoms with Gasteiger partial charge in [0.2, 0.25) is 0 Å². The van der Waals surface area contributed by atoms with Crippen molar-refractivity contribution in [3.05, 3.63) is 68.5 Å². The van der Waals surface area contributed by atoms with Crippen LogP contribution in [0.4, 0.5) is 5.69 Å². The second-order valence-electron chi connectivity index (χ2n) is 5.57. The molecule has 0 aliphatic rings. The predicted molar refractivity (Wildman–Crippen MR) is 103 cm³/mol. The molecule has 0 atom stereocenters. The van der Waals surface area contributed by atoms with Crippen molar-refractivity contribution in [2.45, 2.75) is 13.3 Å². The molecule has 3 rings (SSSR count).